The Kier molecular flexibility index (Phi) is 6.29. The van der Waals surface area contributed by atoms with E-state index >= 15 is 0 Å². The number of nitrogens with one attached hydrogen (secondary N) is 1. The van der Waals surface area contributed by atoms with Crippen LogP contribution in [0.4, 0.5) is 8.78 Å². The second-order valence-electron chi connectivity index (χ2n) is 8.33. The number of benzene rings is 2. The molecule has 4 amide bonds. The minimum atomic E-state index is -3.87. The summed E-state index contributed by atoms with van der Waals surface area (Å²) in [6.07, 6.45) is -0.233. The highest BCUT2D eigenvalue weighted by atomic mass is 35.5. The third-order valence-corrected chi connectivity index (χ3v) is 6.38. The maximum Gasteiger partial charge on any atom is 0.349 e. The van der Waals surface area contributed by atoms with E-state index in [1.807, 2.05) is 0 Å². The van der Waals surface area contributed by atoms with Gasteiger partial charge in [-0.3, -0.25) is 19.2 Å². The van der Waals surface area contributed by atoms with E-state index in [1.165, 1.54) is 30.3 Å². The summed E-state index contributed by atoms with van der Waals surface area (Å²) in [6.45, 7) is -0.103. The molecule has 2 heterocycles. The zero-order chi connectivity index (χ0) is 25.7. The van der Waals surface area contributed by atoms with Gasteiger partial charge in [-0.2, -0.15) is 8.78 Å². The molecule has 35 heavy (non-hydrogen) atoms. The SMILES string of the molecule is [B]C(NC(=O)C(F)(F)c1ccc(Cl)cc1)c1ccc2c(c1)CN(C1([B])CCC(=O)N([B])C1=O)C2=O. The first kappa shape index (κ1) is 25.0. The number of carbonyl (C=O) groups excluding carboxylic acids is 4. The number of imide groups is 1. The largest absolute Gasteiger partial charge is 0.352 e. The first-order chi connectivity index (χ1) is 16.4. The quantitative estimate of drug-likeness (QED) is 0.507. The fourth-order valence-electron chi connectivity index (χ4n) is 4.06. The molecule has 0 bridgehead atoms. The lowest BCUT2D eigenvalue weighted by molar-refractivity contribution is -0.148. The van der Waals surface area contributed by atoms with Gasteiger partial charge in [0.1, 0.15) is 15.7 Å². The van der Waals surface area contributed by atoms with Gasteiger partial charge in [-0.05, 0) is 35.7 Å². The summed E-state index contributed by atoms with van der Waals surface area (Å²) in [6, 6.07) is 8.81. The summed E-state index contributed by atoms with van der Waals surface area (Å²) in [7, 11) is 17.7. The van der Waals surface area contributed by atoms with E-state index in [1.54, 1.807) is 0 Å². The molecule has 1 saturated heterocycles. The van der Waals surface area contributed by atoms with Crippen LogP contribution in [0, 0.1) is 0 Å². The topological polar surface area (TPSA) is 86.8 Å². The van der Waals surface area contributed by atoms with Gasteiger partial charge in [0, 0.05) is 35.1 Å². The van der Waals surface area contributed by atoms with Gasteiger partial charge in [0.2, 0.25) is 19.8 Å². The lowest BCUT2D eigenvalue weighted by Crippen LogP contribution is -2.64. The number of fused-ring (bicyclic) bond motifs is 1. The van der Waals surface area contributed by atoms with Crippen LogP contribution >= 0.6 is 11.6 Å². The van der Waals surface area contributed by atoms with Gasteiger partial charge >= 0.3 is 5.92 Å². The van der Waals surface area contributed by atoms with Crippen molar-refractivity contribution in [1.82, 2.24) is 15.0 Å². The van der Waals surface area contributed by atoms with E-state index in [9.17, 15) is 28.0 Å². The fourth-order valence-corrected chi connectivity index (χ4v) is 4.19. The van der Waals surface area contributed by atoms with Crippen molar-refractivity contribution in [1.29, 1.82) is 0 Å². The molecule has 1 N–H and O–H groups in total. The molecular formula is C22H15B3ClF2N3O4. The molecule has 2 aromatic rings. The summed E-state index contributed by atoms with van der Waals surface area (Å²) in [5, 5.41) is 2.31. The van der Waals surface area contributed by atoms with Crippen molar-refractivity contribution in [3.8, 4) is 0 Å². The van der Waals surface area contributed by atoms with Gasteiger partial charge in [-0.1, -0.05) is 35.9 Å². The van der Waals surface area contributed by atoms with Crippen molar-refractivity contribution < 1.29 is 28.0 Å². The molecule has 2 atom stereocenters. The number of amides is 4. The molecule has 0 saturated carbocycles. The minimum absolute atomic E-state index is 0.103. The van der Waals surface area contributed by atoms with Crippen molar-refractivity contribution in [2.24, 2.45) is 0 Å². The fraction of sp³-hybridized carbons (Fsp3) is 0.273. The predicted octanol–water partition coefficient (Wildman–Crippen LogP) is 1.47. The molecular weight excluding hydrogens is 476 g/mol. The molecule has 0 spiro atoms. The zero-order valence-corrected chi connectivity index (χ0v) is 18.9. The summed E-state index contributed by atoms with van der Waals surface area (Å²) in [4.78, 5) is 51.0. The number of hydrogen-bond acceptors (Lipinski definition) is 4. The number of alkyl halides is 2. The molecule has 2 aromatic carbocycles. The van der Waals surface area contributed by atoms with Gasteiger partial charge in [-0.25, -0.2) is 0 Å². The van der Waals surface area contributed by atoms with Gasteiger partial charge in [0.25, 0.3) is 11.8 Å². The van der Waals surface area contributed by atoms with Crippen LogP contribution in [0.25, 0.3) is 0 Å². The lowest BCUT2D eigenvalue weighted by Gasteiger charge is -2.43. The van der Waals surface area contributed by atoms with Crippen molar-refractivity contribution in [3.05, 3.63) is 69.7 Å². The van der Waals surface area contributed by atoms with Crippen LogP contribution in [-0.2, 0) is 26.9 Å². The van der Waals surface area contributed by atoms with Crippen LogP contribution in [0.15, 0.2) is 42.5 Å². The third-order valence-electron chi connectivity index (χ3n) is 6.13. The highest BCUT2D eigenvalue weighted by Gasteiger charge is 2.49. The van der Waals surface area contributed by atoms with Crippen molar-refractivity contribution in [3.63, 3.8) is 0 Å². The molecule has 1 fully saturated rings. The first-order valence-corrected chi connectivity index (χ1v) is 10.8. The smallest absolute Gasteiger partial charge is 0.349 e. The number of halogens is 3. The van der Waals surface area contributed by atoms with Crippen molar-refractivity contribution in [2.45, 2.75) is 36.7 Å². The van der Waals surface area contributed by atoms with Crippen LogP contribution in [0.3, 0.4) is 0 Å². The number of nitrogens with zero attached hydrogens (tertiary/aromatic N) is 2. The molecule has 7 nitrogen and oxygen atoms in total. The molecule has 172 valence electrons. The Labute approximate surface area is 208 Å². The van der Waals surface area contributed by atoms with Gasteiger partial charge in [0.15, 0.2) is 0 Å². The van der Waals surface area contributed by atoms with Crippen LogP contribution in [0.5, 0.6) is 0 Å². The van der Waals surface area contributed by atoms with Crippen LogP contribution in [0.2, 0.25) is 5.02 Å². The number of piperidine rings is 1. The molecule has 2 aliphatic rings. The lowest BCUT2D eigenvalue weighted by atomic mass is 9.68. The Balaban J connectivity index is 1.52. The van der Waals surface area contributed by atoms with Crippen LogP contribution in [0.1, 0.15) is 45.8 Å². The molecule has 2 aliphatic heterocycles. The third kappa shape index (κ3) is 4.24. The van der Waals surface area contributed by atoms with Crippen LogP contribution < -0.4 is 5.32 Å². The molecule has 0 aliphatic carbocycles. The van der Waals surface area contributed by atoms with Gasteiger partial charge in [0.05, 0.1) is 5.44 Å². The Bertz CT molecular complexity index is 1250. The molecule has 6 radical (unpaired) electrons. The maximum absolute atomic E-state index is 14.6. The zero-order valence-electron chi connectivity index (χ0n) is 18.1. The summed E-state index contributed by atoms with van der Waals surface area (Å²) < 4.78 is 29.2. The second kappa shape index (κ2) is 8.82. The molecule has 4 rings (SSSR count). The summed E-state index contributed by atoms with van der Waals surface area (Å²) in [5.74, 6) is -8.90. The van der Waals surface area contributed by atoms with Crippen molar-refractivity contribution >= 4 is 58.9 Å². The Morgan fingerprint density at radius 3 is 2.46 bits per heavy atom. The van der Waals surface area contributed by atoms with Crippen molar-refractivity contribution in [2.75, 3.05) is 0 Å². The highest BCUT2D eigenvalue weighted by Crippen LogP contribution is 2.35. The summed E-state index contributed by atoms with van der Waals surface area (Å²) >= 11 is 5.71. The highest BCUT2D eigenvalue weighted by molar-refractivity contribution is 6.38. The average molecular weight is 491 g/mol. The van der Waals surface area contributed by atoms with Gasteiger partial charge < -0.3 is 15.0 Å². The maximum atomic E-state index is 14.6. The molecule has 0 aromatic heterocycles. The van der Waals surface area contributed by atoms with E-state index in [-0.39, 0.29) is 35.5 Å². The standard InChI is InChI=1S/C22H15B3ClF2N3O4/c23-17(29-19(34)22(27,28)13-2-4-14(26)5-3-13)11-1-6-15-12(9-11)10-30(18(15)33)21(24)8-7-16(32)31(25)20(21)35/h1-6,9,17H,7-8,10H2,(H,29,34). The summed E-state index contributed by atoms with van der Waals surface area (Å²) in [5.41, 5.74) is -1.50. The normalized spacial score (nSPS) is 21.2. The van der Waals surface area contributed by atoms with Gasteiger partial charge in [-0.15, -0.1) is 0 Å². The molecule has 13 heteroatoms. The second-order valence-corrected chi connectivity index (χ2v) is 8.77. The minimum Gasteiger partial charge on any atom is -0.352 e. The monoisotopic (exact) mass is 491 g/mol. The van der Waals surface area contributed by atoms with Crippen LogP contribution in [-0.4, -0.2) is 62.5 Å². The predicted molar refractivity (Wildman–Crippen MR) is 124 cm³/mol. The van der Waals surface area contributed by atoms with E-state index in [4.69, 9.17) is 35.3 Å². The Hall–Kier alpha value is -3.14. The number of hydrogen-bond donors (Lipinski definition) is 1. The van der Waals surface area contributed by atoms with E-state index < -0.39 is 46.5 Å². The van der Waals surface area contributed by atoms with E-state index in [0.29, 0.717) is 10.4 Å². The van der Waals surface area contributed by atoms with E-state index in [2.05, 4.69) is 5.32 Å². The number of rotatable bonds is 5. The Morgan fingerprint density at radius 1 is 1.14 bits per heavy atom. The average Bonchev–Trinajstić information content (AvgIpc) is 3.17. The Morgan fingerprint density at radius 2 is 1.80 bits per heavy atom. The number of carbonyl (C=O) groups is 4. The molecule has 2 unspecified atom stereocenters. The first-order valence-electron chi connectivity index (χ1n) is 10.4. The van der Waals surface area contributed by atoms with E-state index in [0.717, 1.165) is 17.0 Å².